The lowest BCUT2D eigenvalue weighted by Crippen LogP contribution is -1.98. The van der Waals surface area contributed by atoms with Crippen molar-refractivity contribution in [1.29, 1.82) is 0 Å². The van der Waals surface area contributed by atoms with E-state index in [1.165, 1.54) is 5.56 Å². The first kappa shape index (κ1) is 11.2. The van der Waals surface area contributed by atoms with E-state index in [4.69, 9.17) is 20.8 Å². The van der Waals surface area contributed by atoms with Crippen molar-refractivity contribution in [1.82, 2.24) is 0 Å². The van der Waals surface area contributed by atoms with Gasteiger partial charge in [-0.05, 0) is 36.2 Å². The van der Waals surface area contributed by atoms with Crippen LogP contribution in [0, 0.1) is 0 Å². The van der Waals surface area contributed by atoms with E-state index < -0.39 is 0 Å². The summed E-state index contributed by atoms with van der Waals surface area (Å²) in [6.45, 7) is 1.21. The molecule has 0 radical (unpaired) electrons. The van der Waals surface area contributed by atoms with Crippen LogP contribution in [0.25, 0.3) is 0 Å². The third kappa shape index (κ3) is 3.40. The first-order valence-electron chi connectivity index (χ1n) is 5.19. The minimum atomic E-state index is 0.528. The molecule has 1 aromatic carbocycles. The van der Waals surface area contributed by atoms with Crippen molar-refractivity contribution in [3.05, 3.63) is 59.0 Å². The normalized spacial score (nSPS) is 10.6. The van der Waals surface area contributed by atoms with Gasteiger partial charge in [0.25, 0.3) is 0 Å². The standard InChI is InChI=1S/C13H13ClO2/c14-12-5-3-11(4-6-12)7-9-15-10-13-2-1-8-16-13/h1-6,8H,7,9-10H2. The quantitative estimate of drug-likeness (QED) is 0.739. The molecule has 1 aromatic heterocycles. The lowest BCUT2D eigenvalue weighted by atomic mass is 10.2. The Morgan fingerprint density at radius 3 is 2.62 bits per heavy atom. The number of hydrogen-bond acceptors (Lipinski definition) is 2. The summed E-state index contributed by atoms with van der Waals surface area (Å²) in [5.41, 5.74) is 1.23. The average molecular weight is 237 g/mol. The molecule has 2 rings (SSSR count). The molecule has 0 fully saturated rings. The molecule has 0 amide bonds. The van der Waals surface area contributed by atoms with E-state index in [0.717, 1.165) is 17.2 Å². The summed E-state index contributed by atoms with van der Waals surface area (Å²) in [5, 5.41) is 0.764. The summed E-state index contributed by atoms with van der Waals surface area (Å²) >= 11 is 5.80. The molecule has 0 saturated heterocycles. The van der Waals surface area contributed by atoms with Crippen molar-refractivity contribution in [2.75, 3.05) is 6.61 Å². The number of rotatable bonds is 5. The van der Waals surface area contributed by atoms with Gasteiger partial charge in [0.15, 0.2) is 0 Å². The lowest BCUT2D eigenvalue weighted by Gasteiger charge is -2.02. The van der Waals surface area contributed by atoms with Crippen molar-refractivity contribution in [3.8, 4) is 0 Å². The summed E-state index contributed by atoms with van der Waals surface area (Å²) < 4.78 is 10.6. The predicted octanol–water partition coefficient (Wildman–Crippen LogP) is 3.69. The monoisotopic (exact) mass is 236 g/mol. The maximum Gasteiger partial charge on any atom is 0.129 e. The van der Waals surface area contributed by atoms with E-state index in [2.05, 4.69) is 0 Å². The third-order valence-corrected chi connectivity index (χ3v) is 2.52. The number of benzene rings is 1. The van der Waals surface area contributed by atoms with Gasteiger partial charge < -0.3 is 9.15 Å². The van der Waals surface area contributed by atoms with Gasteiger partial charge in [-0.25, -0.2) is 0 Å². The van der Waals surface area contributed by atoms with E-state index in [0.29, 0.717) is 13.2 Å². The molecular formula is C13H13ClO2. The second-order valence-electron chi connectivity index (χ2n) is 3.51. The van der Waals surface area contributed by atoms with Gasteiger partial charge in [0.05, 0.1) is 12.9 Å². The maximum absolute atomic E-state index is 5.80. The van der Waals surface area contributed by atoms with Crippen LogP contribution in [0.2, 0.25) is 5.02 Å². The van der Waals surface area contributed by atoms with Crippen LogP contribution in [0.4, 0.5) is 0 Å². The molecule has 0 bridgehead atoms. The van der Waals surface area contributed by atoms with E-state index >= 15 is 0 Å². The smallest absolute Gasteiger partial charge is 0.129 e. The van der Waals surface area contributed by atoms with Crippen molar-refractivity contribution in [2.24, 2.45) is 0 Å². The zero-order valence-electron chi connectivity index (χ0n) is 8.86. The number of furan rings is 1. The fourth-order valence-electron chi connectivity index (χ4n) is 1.41. The van der Waals surface area contributed by atoms with Crippen molar-refractivity contribution in [2.45, 2.75) is 13.0 Å². The average Bonchev–Trinajstić information content (AvgIpc) is 2.80. The van der Waals surface area contributed by atoms with Crippen LogP contribution >= 0.6 is 11.6 Å². The first-order valence-corrected chi connectivity index (χ1v) is 5.57. The van der Waals surface area contributed by atoms with E-state index in [1.807, 2.05) is 36.4 Å². The van der Waals surface area contributed by atoms with Crippen molar-refractivity contribution < 1.29 is 9.15 Å². The molecule has 84 valence electrons. The van der Waals surface area contributed by atoms with Crippen LogP contribution in [-0.4, -0.2) is 6.61 Å². The van der Waals surface area contributed by atoms with E-state index in [-0.39, 0.29) is 0 Å². The molecule has 1 heterocycles. The van der Waals surface area contributed by atoms with Crippen molar-refractivity contribution in [3.63, 3.8) is 0 Å². The first-order chi connectivity index (χ1) is 7.84. The second kappa shape index (κ2) is 5.73. The SMILES string of the molecule is Clc1ccc(CCOCc2ccco2)cc1. The van der Waals surface area contributed by atoms with Gasteiger partial charge in [0.2, 0.25) is 0 Å². The van der Waals surface area contributed by atoms with Gasteiger partial charge in [-0.3, -0.25) is 0 Å². The highest BCUT2D eigenvalue weighted by Crippen LogP contribution is 2.10. The lowest BCUT2D eigenvalue weighted by molar-refractivity contribution is 0.109. The van der Waals surface area contributed by atoms with Crippen LogP contribution in [0.1, 0.15) is 11.3 Å². The Balaban J connectivity index is 1.70. The topological polar surface area (TPSA) is 22.4 Å². The highest BCUT2D eigenvalue weighted by Gasteiger charge is 1.97. The summed E-state index contributed by atoms with van der Waals surface area (Å²) in [6, 6.07) is 11.6. The molecule has 2 aromatic rings. The van der Waals surface area contributed by atoms with Crippen LogP contribution in [-0.2, 0) is 17.8 Å². The Hall–Kier alpha value is -1.25. The molecule has 0 spiro atoms. The largest absolute Gasteiger partial charge is 0.467 e. The highest BCUT2D eigenvalue weighted by atomic mass is 35.5. The third-order valence-electron chi connectivity index (χ3n) is 2.27. The molecule has 0 saturated carbocycles. The Morgan fingerprint density at radius 2 is 1.94 bits per heavy atom. The molecular weight excluding hydrogens is 224 g/mol. The molecule has 0 atom stereocenters. The predicted molar refractivity (Wildman–Crippen MR) is 63.5 cm³/mol. The molecule has 0 aliphatic heterocycles. The van der Waals surface area contributed by atoms with Gasteiger partial charge >= 0.3 is 0 Å². The number of hydrogen-bond donors (Lipinski definition) is 0. The fourth-order valence-corrected chi connectivity index (χ4v) is 1.53. The van der Waals surface area contributed by atoms with Gasteiger partial charge in [-0.2, -0.15) is 0 Å². The van der Waals surface area contributed by atoms with Gasteiger partial charge in [0.1, 0.15) is 12.4 Å². The molecule has 0 N–H and O–H groups in total. The van der Waals surface area contributed by atoms with Crippen LogP contribution in [0.15, 0.2) is 47.1 Å². The second-order valence-corrected chi connectivity index (χ2v) is 3.94. The van der Waals surface area contributed by atoms with E-state index in [9.17, 15) is 0 Å². The zero-order valence-corrected chi connectivity index (χ0v) is 9.61. The molecule has 0 aliphatic carbocycles. The zero-order chi connectivity index (χ0) is 11.2. The summed E-state index contributed by atoms with van der Waals surface area (Å²) in [7, 11) is 0. The summed E-state index contributed by atoms with van der Waals surface area (Å²) in [4.78, 5) is 0. The minimum Gasteiger partial charge on any atom is -0.467 e. The highest BCUT2D eigenvalue weighted by molar-refractivity contribution is 6.30. The molecule has 0 unspecified atom stereocenters. The Morgan fingerprint density at radius 1 is 1.12 bits per heavy atom. The van der Waals surface area contributed by atoms with Crippen LogP contribution < -0.4 is 0 Å². The minimum absolute atomic E-state index is 0.528. The van der Waals surface area contributed by atoms with Crippen molar-refractivity contribution >= 4 is 11.6 Å². The number of ether oxygens (including phenoxy) is 1. The van der Waals surface area contributed by atoms with E-state index in [1.54, 1.807) is 6.26 Å². The molecule has 3 heteroatoms. The van der Waals surface area contributed by atoms with Gasteiger partial charge in [-0.1, -0.05) is 23.7 Å². The Bertz CT molecular complexity index is 406. The fraction of sp³-hybridized carbons (Fsp3) is 0.231. The van der Waals surface area contributed by atoms with Gasteiger partial charge in [-0.15, -0.1) is 0 Å². The van der Waals surface area contributed by atoms with Crippen LogP contribution in [0.5, 0.6) is 0 Å². The summed E-state index contributed by atoms with van der Waals surface area (Å²) in [5.74, 6) is 0.858. The van der Waals surface area contributed by atoms with Gasteiger partial charge in [0, 0.05) is 5.02 Å². The van der Waals surface area contributed by atoms with Crippen LogP contribution in [0.3, 0.4) is 0 Å². The maximum atomic E-state index is 5.80. The molecule has 16 heavy (non-hydrogen) atoms. The number of halogens is 1. The Kier molecular flexibility index (Phi) is 4.03. The Labute approximate surface area is 99.8 Å². The molecule has 2 nitrogen and oxygen atoms in total. The molecule has 0 aliphatic rings. The summed E-state index contributed by atoms with van der Waals surface area (Å²) in [6.07, 6.45) is 2.54.